The molecule has 0 aromatic heterocycles. The van der Waals surface area contributed by atoms with Crippen molar-refractivity contribution in [3.63, 3.8) is 0 Å². The van der Waals surface area contributed by atoms with Crippen LogP contribution in [-0.2, 0) is 17.6 Å². The molecule has 0 radical (unpaired) electrons. The van der Waals surface area contributed by atoms with Gasteiger partial charge < -0.3 is 4.74 Å². The molecule has 1 atom stereocenters. The largest absolute Gasteiger partial charge is 0.497 e. The molecular formula is C16H21NO2. The van der Waals surface area contributed by atoms with Crippen molar-refractivity contribution in [2.45, 2.75) is 38.1 Å². The monoisotopic (exact) mass is 259 g/mol. The summed E-state index contributed by atoms with van der Waals surface area (Å²) in [7, 11) is 1.71. The Labute approximate surface area is 114 Å². The summed E-state index contributed by atoms with van der Waals surface area (Å²) < 4.78 is 5.28. The van der Waals surface area contributed by atoms with E-state index in [1.54, 1.807) is 7.11 Å². The number of carbonyl (C=O) groups is 1. The topological polar surface area (TPSA) is 29.5 Å². The SMILES string of the molecule is COc1ccc2c(c1)CCC(N1CCCC(=O)C1)C2. The molecule has 3 rings (SSSR count). The third-order valence-electron chi connectivity index (χ3n) is 4.41. The number of benzene rings is 1. The van der Waals surface area contributed by atoms with Gasteiger partial charge in [0.25, 0.3) is 0 Å². The van der Waals surface area contributed by atoms with Gasteiger partial charge in [-0.05, 0) is 55.5 Å². The van der Waals surface area contributed by atoms with Crippen molar-refractivity contribution in [3.8, 4) is 5.75 Å². The van der Waals surface area contributed by atoms with E-state index in [9.17, 15) is 4.79 Å². The number of carbonyl (C=O) groups excluding carboxylic acids is 1. The third kappa shape index (κ3) is 2.66. The lowest BCUT2D eigenvalue weighted by Crippen LogP contribution is -2.45. The number of aryl methyl sites for hydroxylation is 1. The molecular weight excluding hydrogens is 238 g/mol. The second-order valence-corrected chi connectivity index (χ2v) is 5.64. The molecule has 3 heteroatoms. The van der Waals surface area contributed by atoms with Gasteiger partial charge in [0, 0.05) is 12.5 Å². The van der Waals surface area contributed by atoms with Crippen LogP contribution in [0.3, 0.4) is 0 Å². The summed E-state index contributed by atoms with van der Waals surface area (Å²) in [5.41, 5.74) is 2.84. The van der Waals surface area contributed by atoms with Crippen molar-refractivity contribution in [3.05, 3.63) is 29.3 Å². The van der Waals surface area contributed by atoms with Crippen LogP contribution in [0.2, 0.25) is 0 Å². The van der Waals surface area contributed by atoms with E-state index in [0.717, 1.165) is 44.4 Å². The molecule has 1 aromatic rings. The zero-order valence-corrected chi connectivity index (χ0v) is 11.5. The van der Waals surface area contributed by atoms with Crippen molar-refractivity contribution in [2.75, 3.05) is 20.2 Å². The average Bonchev–Trinajstić information content (AvgIpc) is 2.46. The number of hydrogen-bond acceptors (Lipinski definition) is 3. The minimum absolute atomic E-state index is 0.409. The zero-order chi connectivity index (χ0) is 13.2. The third-order valence-corrected chi connectivity index (χ3v) is 4.41. The van der Waals surface area contributed by atoms with Crippen LogP contribution in [0.25, 0.3) is 0 Å². The van der Waals surface area contributed by atoms with Crippen LogP contribution in [0.15, 0.2) is 18.2 Å². The van der Waals surface area contributed by atoms with Crippen molar-refractivity contribution < 1.29 is 9.53 Å². The van der Waals surface area contributed by atoms with Crippen LogP contribution in [0.4, 0.5) is 0 Å². The van der Waals surface area contributed by atoms with Crippen LogP contribution in [-0.4, -0.2) is 36.9 Å². The molecule has 0 saturated carbocycles. The second-order valence-electron chi connectivity index (χ2n) is 5.64. The van der Waals surface area contributed by atoms with Gasteiger partial charge in [-0.2, -0.15) is 0 Å². The Morgan fingerprint density at radius 2 is 2.16 bits per heavy atom. The molecule has 1 fully saturated rings. The normalized spacial score (nSPS) is 24.1. The first-order valence-electron chi connectivity index (χ1n) is 7.18. The highest BCUT2D eigenvalue weighted by atomic mass is 16.5. The number of rotatable bonds is 2. The number of Topliss-reactive ketones (excluding diaryl/α,β-unsaturated/α-hetero) is 1. The predicted molar refractivity (Wildman–Crippen MR) is 74.6 cm³/mol. The molecule has 1 saturated heterocycles. The maximum Gasteiger partial charge on any atom is 0.146 e. The predicted octanol–water partition coefficient (Wildman–Crippen LogP) is 2.22. The van der Waals surface area contributed by atoms with Crippen LogP contribution in [0, 0.1) is 0 Å². The Kier molecular flexibility index (Phi) is 3.56. The average molecular weight is 259 g/mol. The molecule has 1 unspecified atom stereocenters. The molecule has 1 aromatic carbocycles. The molecule has 0 amide bonds. The second kappa shape index (κ2) is 5.33. The molecule has 19 heavy (non-hydrogen) atoms. The van der Waals surface area contributed by atoms with Crippen LogP contribution in [0.5, 0.6) is 5.75 Å². The summed E-state index contributed by atoms with van der Waals surface area (Å²) in [6.45, 7) is 1.75. The molecule has 3 nitrogen and oxygen atoms in total. The van der Waals surface area contributed by atoms with Crippen LogP contribution < -0.4 is 4.74 Å². The molecule has 1 heterocycles. The molecule has 0 bridgehead atoms. The molecule has 0 spiro atoms. The Morgan fingerprint density at radius 3 is 2.95 bits per heavy atom. The van der Waals surface area contributed by atoms with E-state index in [-0.39, 0.29) is 0 Å². The summed E-state index contributed by atoms with van der Waals surface area (Å²) in [4.78, 5) is 14.0. The Morgan fingerprint density at radius 1 is 1.26 bits per heavy atom. The first-order valence-corrected chi connectivity index (χ1v) is 7.18. The number of hydrogen-bond donors (Lipinski definition) is 0. The van der Waals surface area contributed by atoms with Crippen molar-refractivity contribution in [1.82, 2.24) is 4.90 Å². The van der Waals surface area contributed by atoms with E-state index >= 15 is 0 Å². The summed E-state index contributed by atoms with van der Waals surface area (Å²) in [6, 6.07) is 6.94. The van der Waals surface area contributed by atoms with Crippen molar-refractivity contribution in [2.24, 2.45) is 0 Å². The first kappa shape index (κ1) is 12.7. The lowest BCUT2D eigenvalue weighted by Gasteiger charge is -2.36. The van der Waals surface area contributed by atoms with E-state index in [0.29, 0.717) is 18.4 Å². The van der Waals surface area contributed by atoms with Gasteiger partial charge in [0.2, 0.25) is 0 Å². The van der Waals surface area contributed by atoms with Gasteiger partial charge >= 0.3 is 0 Å². The van der Waals surface area contributed by atoms with Gasteiger partial charge in [-0.25, -0.2) is 0 Å². The standard InChI is InChI=1S/C16H21NO2/c1-19-16-7-5-12-9-14(6-4-13(12)10-16)17-8-2-3-15(18)11-17/h5,7,10,14H,2-4,6,8-9,11H2,1H3. The highest BCUT2D eigenvalue weighted by molar-refractivity contribution is 5.81. The fourth-order valence-corrected chi connectivity index (χ4v) is 3.33. The molecule has 0 N–H and O–H groups in total. The Bertz CT molecular complexity index is 484. The van der Waals surface area contributed by atoms with Gasteiger partial charge in [0.1, 0.15) is 11.5 Å². The number of ether oxygens (including phenoxy) is 1. The maximum absolute atomic E-state index is 11.6. The van der Waals surface area contributed by atoms with Gasteiger partial charge in [-0.3, -0.25) is 9.69 Å². The van der Waals surface area contributed by atoms with Gasteiger partial charge in [0.15, 0.2) is 0 Å². The summed E-state index contributed by atoms with van der Waals surface area (Å²) in [5, 5.41) is 0. The quantitative estimate of drug-likeness (QED) is 0.815. The van der Waals surface area contributed by atoms with E-state index < -0.39 is 0 Å². The van der Waals surface area contributed by atoms with Crippen LogP contribution >= 0.6 is 0 Å². The number of methoxy groups -OCH3 is 1. The van der Waals surface area contributed by atoms with Gasteiger partial charge in [-0.1, -0.05) is 6.07 Å². The van der Waals surface area contributed by atoms with E-state index in [4.69, 9.17) is 4.74 Å². The summed E-state index contributed by atoms with van der Waals surface area (Å²) in [6.07, 6.45) is 5.14. The summed E-state index contributed by atoms with van der Waals surface area (Å²) >= 11 is 0. The Hall–Kier alpha value is -1.35. The highest BCUT2D eigenvalue weighted by Crippen LogP contribution is 2.28. The number of fused-ring (bicyclic) bond motifs is 1. The number of ketones is 1. The number of likely N-dealkylation sites (tertiary alicyclic amines) is 1. The molecule has 1 aliphatic carbocycles. The van der Waals surface area contributed by atoms with E-state index in [1.807, 2.05) is 6.07 Å². The fourth-order valence-electron chi connectivity index (χ4n) is 3.33. The van der Waals surface area contributed by atoms with Gasteiger partial charge in [-0.15, -0.1) is 0 Å². The van der Waals surface area contributed by atoms with Gasteiger partial charge in [0.05, 0.1) is 13.7 Å². The van der Waals surface area contributed by atoms with Crippen molar-refractivity contribution >= 4 is 5.78 Å². The smallest absolute Gasteiger partial charge is 0.146 e. The molecule has 102 valence electrons. The lowest BCUT2D eigenvalue weighted by atomic mass is 9.86. The lowest BCUT2D eigenvalue weighted by molar-refractivity contribution is -0.123. The zero-order valence-electron chi connectivity index (χ0n) is 11.5. The molecule has 1 aliphatic heterocycles. The Balaban J connectivity index is 1.73. The fraction of sp³-hybridized carbons (Fsp3) is 0.562. The number of piperidine rings is 1. The minimum Gasteiger partial charge on any atom is -0.497 e. The molecule has 2 aliphatic rings. The van der Waals surface area contributed by atoms with E-state index in [1.165, 1.54) is 11.1 Å². The van der Waals surface area contributed by atoms with Crippen molar-refractivity contribution in [1.29, 1.82) is 0 Å². The van der Waals surface area contributed by atoms with E-state index in [2.05, 4.69) is 17.0 Å². The summed E-state index contributed by atoms with van der Waals surface area (Å²) in [5.74, 6) is 1.36. The minimum atomic E-state index is 0.409. The maximum atomic E-state index is 11.6. The highest BCUT2D eigenvalue weighted by Gasteiger charge is 2.27. The van der Waals surface area contributed by atoms with Crippen LogP contribution in [0.1, 0.15) is 30.4 Å². The number of nitrogens with zero attached hydrogens (tertiary/aromatic N) is 1. The first-order chi connectivity index (χ1) is 9.26.